The summed E-state index contributed by atoms with van der Waals surface area (Å²) < 4.78 is 2.25. The van der Waals surface area contributed by atoms with E-state index in [4.69, 9.17) is 0 Å². The molecular formula is C23H33N3. The van der Waals surface area contributed by atoms with Crippen LogP contribution in [0.15, 0.2) is 42.6 Å². The molecule has 2 fully saturated rings. The standard InChI is InChI=1S/C23H33N3/c1-24-12-4-5-23(24)19-26-15-10-21(11-16-26)17-20-6-8-22(9-7-20)18-25-13-2-3-14-25/h4-9,12,21H,2-3,10-11,13-19H2,1H3. The highest BCUT2D eigenvalue weighted by Crippen LogP contribution is 2.23. The smallest absolute Gasteiger partial charge is 0.0387 e. The molecule has 0 N–H and O–H groups in total. The van der Waals surface area contributed by atoms with Crippen LogP contribution in [0.4, 0.5) is 0 Å². The average Bonchev–Trinajstić information content (AvgIpc) is 3.31. The van der Waals surface area contributed by atoms with E-state index in [1.54, 1.807) is 0 Å². The summed E-state index contributed by atoms with van der Waals surface area (Å²) in [4.78, 5) is 5.20. The minimum atomic E-state index is 0.851. The van der Waals surface area contributed by atoms with Gasteiger partial charge in [-0.25, -0.2) is 0 Å². The van der Waals surface area contributed by atoms with E-state index in [1.807, 2.05) is 0 Å². The van der Waals surface area contributed by atoms with E-state index in [9.17, 15) is 0 Å². The van der Waals surface area contributed by atoms with E-state index >= 15 is 0 Å². The Hall–Kier alpha value is -1.58. The first-order chi connectivity index (χ1) is 12.8. The fourth-order valence-corrected chi connectivity index (χ4v) is 4.55. The second-order valence-corrected chi connectivity index (χ2v) is 8.33. The lowest BCUT2D eigenvalue weighted by molar-refractivity contribution is 0.174. The van der Waals surface area contributed by atoms with Crippen LogP contribution in [0.1, 0.15) is 42.5 Å². The number of benzene rings is 1. The third-order valence-corrected chi connectivity index (χ3v) is 6.30. The first-order valence-electron chi connectivity index (χ1n) is 10.4. The van der Waals surface area contributed by atoms with Gasteiger partial charge in [0, 0.05) is 32.0 Å². The van der Waals surface area contributed by atoms with E-state index in [1.165, 1.54) is 75.1 Å². The Labute approximate surface area is 158 Å². The maximum absolute atomic E-state index is 2.62. The average molecular weight is 352 g/mol. The monoisotopic (exact) mass is 351 g/mol. The number of rotatable bonds is 6. The Morgan fingerprint density at radius 1 is 0.808 bits per heavy atom. The molecule has 2 saturated heterocycles. The molecule has 140 valence electrons. The van der Waals surface area contributed by atoms with E-state index in [0.717, 1.165) is 19.0 Å². The van der Waals surface area contributed by atoms with Crippen LogP contribution in [0.5, 0.6) is 0 Å². The number of hydrogen-bond acceptors (Lipinski definition) is 2. The Kier molecular flexibility index (Phi) is 5.76. The van der Waals surface area contributed by atoms with Gasteiger partial charge in [-0.3, -0.25) is 9.80 Å². The lowest BCUT2D eigenvalue weighted by Crippen LogP contribution is -2.34. The second kappa shape index (κ2) is 8.41. The summed E-state index contributed by atoms with van der Waals surface area (Å²) >= 11 is 0. The Balaban J connectivity index is 1.23. The van der Waals surface area contributed by atoms with Crippen LogP contribution in [-0.4, -0.2) is 40.5 Å². The van der Waals surface area contributed by atoms with Gasteiger partial charge < -0.3 is 4.57 Å². The third-order valence-electron chi connectivity index (χ3n) is 6.30. The summed E-state index contributed by atoms with van der Waals surface area (Å²) in [6.07, 6.45) is 8.82. The number of hydrogen-bond donors (Lipinski definition) is 0. The van der Waals surface area contributed by atoms with Crippen molar-refractivity contribution in [1.82, 2.24) is 14.4 Å². The fourth-order valence-electron chi connectivity index (χ4n) is 4.55. The van der Waals surface area contributed by atoms with Crippen LogP contribution in [0, 0.1) is 5.92 Å². The molecule has 0 aliphatic carbocycles. The molecule has 0 bridgehead atoms. The van der Waals surface area contributed by atoms with Crippen LogP contribution in [0.3, 0.4) is 0 Å². The van der Waals surface area contributed by atoms with Crippen molar-refractivity contribution in [2.45, 2.75) is 45.2 Å². The Morgan fingerprint density at radius 3 is 2.12 bits per heavy atom. The van der Waals surface area contributed by atoms with Crippen LogP contribution in [-0.2, 0) is 26.6 Å². The minimum absolute atomic E-state index is 0.851. The van der Waals surface area contributed by atoms with Gasteiger partial charge in [-0.1, -0.05) is 24.3 Å². The predicted octanol–water partition coefficient (Wildman–Crippen LogP) is 4.08. The lowest BCUT2D eigenvalue weighted by Gasteiger charge is -2.32. The largest absolute Gasteiger partial charge is 0.353 e. The highest BCUT2D eigenvalue weighted by molar-refractivity contribution is 5.23. The molecule has 3 heterocycles. The molecule has 0 spiro atoms. The maximum atomic E-state index is 2.62. The van der Waals surface area contributed by atoms with Gasteiger partial charge in [-0.05, 0) is 87.5 Å². The minimum Gasteiger partial charge on any atom is -0.353 e. The molecule has 0 unspecified atom stereocenters. The summed E-state index contributed by atoms with van der Waals surface area (Å²) in [6, 6.07) is 13.9. The number of nitrogens with zero attached hydrogens (tertiary/aromatic N) is 3. The molecule has 0 atom stereocenters. The molecular weight excluding hydrogens is 318 g/mol. The van der Waals surface area contributed by atoms with Crippen molar-refractivity contribution in [2.24, 2.45) is 13.0 Å². The van der Waals surface area contributed by atoms with Crippen LogP contribution in [0.2, 0.25) is 0 Å². The zero-order valence-electron chi connectivity index (χ0n) is 16.2. The summed E-state index contributed by atoms with van der Waals surface area (Å²) in [5.41, 5.74) is 4.43. The zero-order chi connectivity index (χ0) is 17.8. The Morgan fingerprint density at radius 2 is 1.46 bits per heavy atom. The van der Waals surface area contributed by atoms with Gasteiger partial charge in [0.25, 0.3) is 0 Å². The normalized spacial score (nSPS) is 20.0. The van der Waals surface area contributed by atoms with Gasteiger partial charge in [0.1, 0.15) is 0 Å². The third kappa shape index (κ3) is 4.57. The summed E-state index contributed by atoms with van der Waals surface area (Å²) in [5.74, 6) is 0.851. The topological polar surface area (TPSA) is 11.4 Å². The molecule has 26 heavy (non-hydrogen) atoms. The van der Waals surface area contributed by atoms with Gasteiger partial charge in [0.2, 0.25) is 0 Å². The maximum Gasteiger partial charge on any atom is 0.0387 e. The number of aromatic nitrogens is 1. The SMILES string of the molecule is Cn1cccc1CN1CCC(Cc2ccc(CN3CCCC3)cc2)CC1. The summed E-state index contributed by atoms with van der Waals surface area (Å²) in [7, 11) is 2.15. The van der Waals surface area contributed by atoms with Crippen molar-refractivity contribution in [3.63, 3.8) is 0 Å². The van der Waals surface area contributed by atoms with E-state index in [2.05, 4.69) is 64.0 Å². The zero-order valence-corrected chi connectivity index (χ0v) is 16.2. The Bertz CT molecular complexity index is 674. The first kappa shape index (κ1) is 17.8. The van der Waals surface area contributed by atoms with Gasteiger partial charge in [-0.15, -0.1) is 0 Å². The highest BCUT2D eigenvalue weighted by atomic mass is 15.1. The van der Waals surface area contributed by atoms with Gasteiger partial charge in [0.15, 0.2) is 0 Å². The molecule has 2 aliphatic rings. The molecule has 1 aromatic heterocycles. The van der Waals surface area contributed by atoms with Crippen molar-refractivity contribution < 1.29 is 0 Å². The van der Waals surface area contributed by atoms with E-state index < -0.39 is 0 Å². The summed E-state index contributed by atoms with van der Waals surface area (Å²) in [6.45, 7) is 7.27. The van der Waals surface area contributed by atoms with Crippen LogP contribution in [0.25, 0.3) is 0 Å². The number of piperidine rings is 1. The van der Waals surface area contributed by atoms with E-state index in [0.29, 0.717) is 0 Å². The number of likely N-dealkylation sites (tertiary alicyclic amines) is 2. The molecule has 3 heteroatoms. The molecule has 0 amide bonds. The second-order valence-electron chi connectivity index (χ2n) is 8.33. The molecule has 0 saturated carbocycles. The summed E-state index contributed by atoms with van der Waals surface area (Å²) in [5, 5.41) is 0. The molecule has 2 aromatic rings. The van der Waals surface area contributed by atoms with Crippen molar-refractivity contribution in [2.75, 3.05) is 26.2 Å². The van der Waals surface area contributed by atoms with E-state index in [-0.39, 0.29) is 0 Å². The van der Waals surface area contributed by atoms with Crippen LogP contribution >= 0.6 is 0 Å². The van der Waals surface area contributed by atoms with Crippen molar-refractivity contribution >= 4 is 0 Å². The molecule has 2 aliphatic heterocycles. The fraction of sp³-hybridized carbons (Fsp3) is 0.565. The molecule has 4 rings (SSSR count). The van der Waals surface area contributed by atoms with Crippen molar-refractivity contribution in [3.05, 3.63) is 59.4 Å². The molecule has 1 aromatic carbocycles. The van der Waals surface area contributed by atoms with Gasteiger partial charge >= 0.3 is 0 Å². The van der Waals surface area contributed by atoms with Crippen molar-refractivity contribution in [1.29, 1.82) is 0 Å². The number of aryl methyl sites for hydroxylation is 1. The predicted molar refractivity (Wildman–Crippen MR) is 108 cm³/mol. The molecule has 3 nitrogen and oxygen atoms in total. The quantitative estimate of drug-likeness (QED) is 0.777. The van der Waals surface area contributed by atoms with Gasteiger partial charge in [0.05, 0.1) is 0 Å². The first-order valence-corrected chi connectivity index (χ1v) is 10.4. The van der Waals surface area contributed by atoms with Crippen molar-refractivity contribution in [3.8, 4) is 0 Å². The lowest BCUT2D eigenvalue weighted by atomic mass is 9.90. The van der Waals surface area contributed by atoms with Gasteiger partial charge in [-0.2, -0.15) is 0 Å². The van der Waals surface area contributed by atoms with Crippen LogP contribution < -0.4 is 0 Å². The molecule has 0 radical (unpaired) electrons. The highest BCUT2D eigenvalue weighted by Gasteiger charge is 2.20.